The summed E-state index contributed by atoms with van der Waals surface area (Å²) in [5.41, 5.74) is 0. The summed E-state index contributed by atoms with van der Waals surface area (Å²) in [4.78, 5) is 20.4. The van der Waals surface area contributed by atoms with E-state index in [0.717, 1.165) is 25.7 Å². The molecule has 33 heavy (non-hydrogen) atoms. The van der Waals surface area contributed by atoms with Crippen LogP contribution >= 0.6 is 0 Å². The van der Waals surface area contributed by atoms with Gasteiger partial charge in [-0.1, -0.05) is 142 Å². The molecule has 0 saturated carbocycles. The molecular weight excluding hydrogens is 423 g/mol. The molecule has 4 nitrogen and oxygen atoms in total. The summed E-state index contributed by atoms with van der Waals surface area (Å²) in [6, 6.07) is 0. The Morgan fingerprint density at radius 1 is 0.485 bits per heavy atom. The largest absolute Gasteiger partial charge is 1.00 e. The van der Waals surface area contributed by atoms with Crippen molar-refractivity contribution in [3.8, 4) is 0 Å². The van der Waals surface area contributed by atoms with Crippen molar-refractivity contribution in [2.24, 2.45) is 0 Å². The van der Waals surface area contributed by atoms with Gasteiger partial charge >= 0.3 is 35.5 Å². The average Bonchev–Trinajstić information content (AvgIpc) is 2.76. The molecule has 192 valence electrons. The summed E-state index contributed by atoms with van der Waals surface area (Å²) >= 11 is 0. The Hall–Kier alpha value is -0.0600. The van der Waals surface area contributed by atoms with Gasteiger partial charge in [0.1, 0.15) is 0 Å². The van der Waals surface area contributed by atoms with Gasteiger partial charge in [-0.25, -0.2) is 0 Å². The number of rotatable bonds is 24. The fourth-order valence-electron chi connectivity index (χ4n) is 3.87. The molecule has 0 fully saturated rings. The van der Waals surface area contributed by atoms with E-state index < -0.39 is 11.9 Å². The van der Waals surface area contributed by atoms with Gasteiger partial charge in [-0.05, 0) is 19.3 Å². The standard InChI is InChI=1S/2C14H28O2.Na/c2*1-2-3-4-5-6-7-8-9-10-11-12-13-14(15)16;/h2*2-13H2,1H3,(H,15,16);/q;;+1/p-1. The van der Waals surface area contributed by atoms with E-state index in [1.165, 1.54) is 116 Å². The van der Waals surface area contributed by atoms with Crippen LogP contribution in [0.2, 0.25) is 0 Å². The summed E-state index contributed by atoms with van der Waals surface area (Å²) in [5, 5.41) is 18.6. The van der Waals surface area contributed by atoms with Crippen molar-refractivity contribution >= 4 is 11.9 Å². The average molecular weight is 479 g/mol. The smallest absolute Gasteiger partial charge is 0.550 e. The number of aliphatic carboxylic acids is 2. The first kappa shape index (κ1) is 37.5. The van der Waals surface area contributed by atoms with Crippen molar-refractivity contribution in [1.82, 2.24) is 0 Å². The number of carbonyl (C=O) groups excluding carboxylic acids is 1. The molecular formula is C28H55NaO4. The number of unbranched alkanes of at least 4 members (excludes halogenated alkanes) is 20. The summed E-state index contributed by atoms with van der Waals surface area (Å²) in [6.07, 6.45) is 28.4. The van der Waals surface area contributed by atoms with E-state index in [1.54, 1.807) is 0 Å². The second-order valence-electron chi connectivity index (χ2n) is 9.34. The number of carbonyl (C=O) groups is 2. The molecule has 1 N–H and O–H groups in total. The molecule has 0 radical (unpaired) electrons. The summed E-state index contributed by atoms with van der Waals surface area (Å²) in [7, 11) is 0. The molecule has 0 heterocycles. The normalized spacial score (nSPS) is 10.2. The zero-order chi connectivity index (χ0) is 24.1. The molecule has 0 bridgehead atoms. The van der Waals surface area contributed by atoms with Crippen LogP contribution in [0.25, 0.3) is 0 Å². The molecule has 0 aromatic carbocycles. The van der Waals surface area contributed by atoms with E-state index in [4.69, 9.17) is 5.11 Å². The van der Waals surface area contributed by atoms with Crippen molar-refractivity contribution in [3.63, 3.8) is 0 Å². The monoisotopic (exact) mass is 478 g/mol. The van der Waals surface area contributed by atoms with E-state index >= 15 is 0 Å². The Labute approximate surface area is 228 Å². The van der Waals surface area contributed by atoms with Gasteiger partial charge < -0.3 is 15.0 Å². The molecule has 0 rings (SSSR count). The predicted molar refractivity (Wildman–Crippen MR) is 135 cm³/mol. The van der Waals surface area contributed by atoms with Crippen molar-refractivity contribution in [2.75, 3.05) is 0 Å². The molecule has 0 aliphatic heterocycles. The molecule has 0 aromatic rings. The summed E-state index contributed by atoms with van der Waals surface area (Å²) in [5.74, 6) is -1.56. The third-order valence-corrected chi connectivity index (χ3v) is 5.98. The molecule has 0 atom stereocenters. The maximum absolute atomic E-state index is 10.3. The van der Waals surface area contributed by atoms with Crippen molar-refractivity contribution < 1.29 is 49.4 Å². The Balaban J connectivity index is -0.000000529. The maximum Gasteiger partial charge on any atom is 1.00 e. The van der Waals surface area contributed by atoms with Crippen LogP contribution in [0.1, 0.15) is 168 Å². The molecule has 0 unspecified atom stereocenters. The SMILES string of the molecule is CCCCCCCCCCCCCC(=O)O.CCCCCCCCCCCCCC(=O)[O-].[Na+]. The van der Waals surface area contributed by atoms with Gasteiger partial charge in [0.05, 0.1) is 0 Å². The van der Waals surface area contributed by atoms with E-state index in [9.17, 15) is 14.7 Å². The minimum Gasteiger partial charge on any atom is -0.550 e. The van der Waals surface area contributed by atoms with Gasteiger partial charge in [0, 0.05) is 12.4 Å². The topological polar surface area (TPSA) is 77.4 Å². The van der Waals surface area contributed by atoms with Crippen LogP contribution in [0.3, 0.4) is 0 Å². The second kappa shape index (κ2) is 34.1. The fraction of sp³-hybridized carbons (Fsp3) is 0.929. The maximum atomic E-state index is 10.3. The molecule has 0 aliphatic carbocycles. The van der Waals surface area contributed by atoms with Crippen LogP contribution in [0.15, 0.2) is 0 Å². The van der Waals surface area contributed by atoms with Gasteiger partial charge in [0.15, 0.2) is 0 Å². The first-order valence-corrected chi connectivity index (χ1v) is 14.0. The fourth-order valence-corrected chi connectivity index (χ4v) is 3.87. The van der Waals surface area contributed by atoms with Gasteiger partial charge in [-0.15, -0.1) is 0 Å². The van der Waals surface area contributed by atoms with Crippen molar-refractivity contribution in [3.05, 3.63) is 0 Å². The molecule has 0 aliphatic rings. The first-order chi connectivity index (χ1) is 15.5. The Morgan fingerprint density at radius 2 is 0.727 bits per heavy atom. The minimum absolute atomic E-state index is 0. The quantitative estimate of drug-likeness (QED) is 0.152. The van der Waals surface area contributed by atoms with E-state index in [1.807, 2.05) is 0 Å². The van der Waals surface area contributed by atoms with Crippen LogP contribution in [-0.4, -0.2) is 17.0 Å². The number of carboxylic acid groups (broad SMARTS) is 2. The number of carboxylic acids is 2. The molecule has 0 aromatic heterocycles. The molecule has 0 saturated heterocycles. The van der Waals surface area contributed by atoms with Crippen LogP contribution in [0.4, 0.5) is 0 Å². The second-order valence-corrected chi connectivity index (χ2v) is 9.34. The van der Waals surface area contributed by atoms with Gasteiger partial charge in [-0.2, -0.15) is 0 Å². The number of hydrogen-bond donors (Lipinski definition) is 1. The summed E-state index contributed by atoms with van der Waals surface area (Å²) in [6.45, 7) is 4.49. The molecule has 0 spiro atoms. The minimum atomic E-state index is -0.907. The van der Waals surface area contributed by atoms with Crippen molar-refractivity contribution in [1.29, 1.82) is 0 Å². The van der Waals surface area contributed by atoms with Crippen LogP contribution in [0, 0.1) is 0 Å². The molecule has 0 amide bonds. The summed E-state index contributed by atoms with van der Waals surface area (Å²) < 4.78 is 0. The zero-order valence-electron chi connectivity index (χ0n) is 22.6. The molecule has 5 heteroatoms. The Kier molecular flexibility index (Phi) is 38.7. The Morgan fingerprint density at radius 3 is 0.970 bits per heavy atom. The van der Waals surface area contributed by atoms with Crippen LogP contribution in [-0.2, 0) is 9.59 Å². The van der Waals surface area contributed by atoms with E-state index in [-0.39, 0.29) is 36.0 Å². The van der Waals surface area contributed by atoms with Crippen LogP contribution in [0.5, 0.6) is 0 Å². The third kappa shape index (κ3) is 42.5. The van der Waals surface area contributed by atoms with Crippen LogP contribution < -0.4 is 34.7 Å². The van der Waals surface area contributed by atoms with E-state index in [0.29, 0.717) is 6.42 Å². The first-order valence-electron chi connectivity index (χ1n) is 14.0. The third-order valence-electron chi connectivity index (χ3n) is 5.98. The predicted octanol–water partition coefficient (Wildman–Crippen LogP) is 5.21. The zero-order valence-corrected chi connectivity index (χ0v) is 24.6. The van der Waals surface area contributed by atoms with Gasteiger partial charge in [0.25, 0.3) is 0 Å². The van der Waals surface area contributed by atoms with Gasteiger partial charge in [0.2, 0.25) is 0 Å². The number of hydrogen-bond acceptors (Lipinski definition) is 3. The van der Waals surface area contributed by atoms with E-state index in [2.05, 4.69) is 13.8 Å². The van der Waals surface area contributed by atoms with Gasteiger partial charge in [-0.3, -0.25) is 4.79 Å². The Bertz CT molecular complexity index is 352. The van der Waals surface area contributed by atoms with Crippen molar-refractivity contribution in [2.45, 2.75) is 168 Å².